The van der Waals surface area contributed by atoms with Crippen molar-refractivity contribution in [2.24, 2.45) is 0 Å². The number of carbonyl (C=O) groups is 5. The smallest absolute Gasteiger partial charge is 0.335 e. The van der Waals surface area contributed by atoms with Crippen LogP contribution >= 0.6 is 0 Å². The summed E-state index contributed by atoms with van der Waals surface area (Å²) in [6, 6.07) is 4.21. The van der Waals surface area contributed by atoms with Gasteiger partial charge < -0.3 is 34.1 Å². The van der Waals surface area contributed by atoms with Crippen LogP contribution in [0, 0.1) is 0 Å². The molecule has 0 unspecified atom stereocenters. The minimum atomic E-state index is -1.29. The number of ether oxygens (including phenoxy) is 5. The van der Waals surface area contributed by atoms with Crippen LogP contribution in [0.3, 0.4) is 0 Å². The number of hydrogen-bond donors (Lipinski definition) is 2. The van der Waals surface area contributed by atoms with Gasteiger partial charge in [-0.3, -0.25) is 19.2 Å². The predicted octanol–water partition coefficient (Wildman–Crippen LogP) is 0.420. The average molecular weight is 467 g/mol. The molecule has 0 aliphatic carbocycles. The van der Waals surface area contributed by atoms with Crippen molar-refractivity contribution in [3.05, 3.63) is 29.8 Å². The SMILES string of the molecule is CC(=O)N[C@@H]1[C@H](Oc2ccc(C(=O)O)cc2)O[C@H](COC(C)=O)[C@@H](OC(C)=O)[C@@H]1OC(C)=O. The van der Waals surface area contributed by atoms with Crippen LogP contribution in [0.5, 0.6) is 5.75 Å². The van der Waals surface area contributed by atoms with E-state index < -0.39 is 60.4 Å². The lowest BCUT2D eigenvalue weighted by molar-refractivity contribution is -0.257. The van der Waals surface area contributed by atoms with E-state index in [9.17, 15) is 24.0 Å². The van der Waals surface area contributed by atoms with Crippen LogP contribution in [0.25, 0.3) is 0 Å². The van der Waals surface area contributed by atoms with Crippen molar-refractivity contribution in [2.45, 2.75) is 58.3 Å². The van der Waals surface area contributed by atoms with Crippen LogP contribution in [0.4, 0.5) is 0 Å². The van der Waals surface area contributed by atoms with Crippen LogP contribution in [0.15, 0.2) is 24.3 Å². The first-order chi connectivity index (χ1) is 15.5. The maximum Gasteiger partial charge on any atom is 0.335 e. The van der Waals surface area contributed by atoms with E-state index in [0.29, 0.717) is 0 Å². The van der Waals surface area contributed by atoms with Crippen LogP contribution < -0.4 is 10.1 Å². The summed E-state index contributed by atoms with van der Waals surface area (Å²) in [5, 5.41) is 11.6. The summed E-state index contributed by atoms with van der Waals surface area (Å²) in [4.78, 5) is 57.8. The van der Waals surface area contributed by atoms with Gasteiger partial charge in [-0.05, 0) is 24.3 Å². The van der Waals surface area contributed by atoms with Gasteiger partial charge in [-0.1, -0.05) is 0 Å². The van der Waals surface area contributed by atoms with E-state index in [4.69, 9.17) is 28.8 Å². The molecule has 1 amide bonds. The number of nitrogens with one attached hydrogen (secondary N) is 1. The fourth-order valence-corrected chi connectivity index (χ4v) is 3.20. The van der Waals surface area contributed by atoms with E-state index in [0.717, 1.165) is 13.8 Å². The summed E-state index contributed by atoms with van der Waals surface area (Å²) in [7, 11) is 0. The lowest BCUT2D eigenvalue weighted by Gasteiger charge is -2.44. The number of benzene rings is 1. The summed E-state index contributed by atoms with van der Waals surface area (Å²) >= 11 is 0. The summed E-state index contributed by atoms with van der Waals surface area (Å²) < 4.78 is 27.3. The summed E-state index contributed by atoms with van der Waals surface area (Å²) in [5.74, 6) is -3.55. The van der Waals surface area contributed by atoms with Crippen LogP contribution in [0.2, 0.25) is 0 Å². The van der Waals surface area contributed by atoms with Gasteiger partial charge in [0, 0.05) is 27.7 Å². The van der Waals surface area contributed by atoms with E-state index in [1.807, 2.05) is 0 Å². The maximum atomic E-state index is 11.9. The largest absolute Gasteiger partial charge is 0.478 e. The molecule has 1 aliphatic rings. The van der Waals surface area contributed by atoms with Crippen molar-refractivity contribution in [3.63, 3.8) is 0 Å². The molecule has 1 aromatic carbocycles. The van der Waals surface area contributed by atoms with E-state index >= 15 is 0 Å². The van der Waals surface area contributed by atoms with Crippen LogP contribution in [-0.4, -0.2) is 72.1 Å². The Hall–Kier alpha value is -3.67. The molecule has 2 rings (SSSR count). The first-order valence-corrected chi connectivity index (χ1v) is 9.88. The summed E-state index contributed by atoms with van der Waals surface area (Å²) in [5.41, 5.74) is 0.0192. The molecule has 0 aromatic heterocycles. The molecule has 1 heterocycles. The summed E-state index contributed by atoms with van der Waals surface area (Å²) in [6.07, 6.45) is -4.90. The number of carboxylic acid groups (broad SMARTS) is 1. The molecule has 33 heavy (non-hydrogen) atoms. The third-order valence-electron chi connectivity index (χ3n) is 4.42. The Bertz CT molecular complexity index is 898. The van der Waals surface area contributed by atoms with E-state index in [1.54, 1.807) is 0 Å². The van der Waals surface area contributed by atoms with Crippen molar-refractivity contribution in [2.75, 3.05) is 6.61 Å². The molecule has 12 heteroatoms. The molecule has 180 valence electrons. The van der Waals surface area contributed by atoms with Gasteiger partial charge in [-0.25, -0.2) is 4.79 Å². The van der Waals surface area contributed by atoms with Gasteiger partial charge in [0.25, 0.3) is 0 Å². The van der Waals surface area contributed by atoms with Crippen molar-refractivity contribution in [1.82, 2.24) is 5.32 Å². The third-order valence-corrected chi connectivity index (χ3v) is 4.42. The molecule has 0 bridgehead atoms. The standard InChI is InChI=1S/C21H25NO11/c1-10(23)22-17-19(31-13(4)26)18(30-12(3)25)16(9-29-11(2)24)33-21(17)32-15-7-5-14(6-8-15)20(27)28/h5-8,16-19,21H,9H2,1-4H3,(H,22,23)(H,27,28)/t16-,17+,18-,19-,21-/m1/s1. The Morgan fingerprint density at radius 3 is 1.97 bits per heavy atom. The van der Waals surface area contributed by atoms with E-state index in [-0.39, 0.29) is 17.9 Å². The maximum absolute atomic E-state index is 11.9. The normalized spacial score (nSPS) is 24.2. The number of aromatic carboxylic acids is 1. The fourth-order valence-electron chi connectivity index (χ4n) is 3.20. The molecule has 0 spiro atoms. The highest BCUT2D eigenvalue weighted by molar-refractivity contribution is 5.87. The molecule has 0 radical (unpaired) electrons. The molecule has 12 nitrogen and oxygen atoms in total. The molecule has 1 saturated heterocycles. The highest BCUT2D eigenvalue weighted by Gasteiger charge is 2.51. The fraction of sp³-hybridized carbons (Fsp3) is 0.476. The van der Waals surface area contributed by atoms with Gasteiger partial charge in [0.2, 0.25) is 12.2 Å². The Morgan fingerprint density at radius 1 is 0.909 bits per heavy atom. The van der Waals surface area contributed by atoms with Crippen molar-refractivity contribution < 1.29 is 52.8 Å². The van der Waals surface area contributed by atoms with Gasteiger partial charge >= 0.3 is 23.9 Å². The van der Waals surface area contributed by atoms with Gasteiger partial charge in [0.1, 0.15) is 24.5 Å². The van der Waals surface area contributed by atoms with Crippen molar-refractivity contribution >= 4 is 29.8 Å². The first kappa shape index (κ1) is 25.6. The monoisotopic (exact) mass is 467 g/mol. The molecule has 0 saturated carbocycles. The second-order valence-electron chi connectivity index (χ2n) is 7.17. The molecular formula is C21H25NO11. The minimum absolute atomic E-state index is 0.0192. The Balaban J connectivity index is 2.43. The Kier molecular flexibility index (Phi) is 8.74. The molecule has 1 aliphatic heterocycles. The van der Waals surface area contributed by atoms with Crippen molar-refractivity contribution in [3.8, 4) is 5.75 Å². The summed E-state index contributed by atoms with van der Waals surface area (Å²) in [6.45, 7) is 4.29. The van der Waals surface area contributed by atoms with E-state index in [1.165, 1.54) is 38.1 Å². The highest BCUT2D eigenvalue weighted by atomic mass is 16.7. The van der Waals surface area contributed by atoms with Gasteiger partial charge in [-0.2, -0.15) is 0 Å². The van der Waals surface area contributed by atoms with E-state index in [2.05, 4.69) is 5.32 Å². The quantitative estimate of drug-likeness (QED) is 0.402. The zero-order valence-electron chi connectivity index (χ0n) is 18.4. The zero-order valence-corrected chi connectivity index (χ0v) is 18.4. The van der Waals surface area contributed by atoms with Gasteiger partial charge in [0.15, 0.2) is 12.2 Å². The van der Waals surface area contributed by atoms with Crippen molar-refractivity contribution in [1.29, 1.82) is 0 Å². The van der Waals surface area contributed by atoms with Crippen LogP contribution in [0.1, 0.15) is 38.1 Å². The van der Waals surface area contributed by atoms with Gasteiger partial charge in [0.05, 0.1) is 5.56 Å². The topological polar surface area (TPSA) is 164 Å². The first-order valence-electron chi connectivity index (χ1n) is 9.88. The second kappa shape index (κ2) is 11.3. The second-order valence-corrected chi connectivity index (χ2v) is 7.17. The molecule has 1 fully saturated rings. The highest BCUT2D eigenvalue weighted by Crippen LogP contribution is 2.29. The molecule has 2 N–H and O–H groups in total. The minimum Gasteiger partial charge on any atom is -0.478 e. The number of rotatable bonds is 8. The third kappa shape index (κ3) is 7.45. The average Bonchev–Trinajstić information content (AvgIpc) is 2.70. The van der Waals surface area contributed by atoms with Crippen LogP contribution in [-0.2, 0) is 38.1 Å². The Morgan fingerprint density at radius 2 is 1.48 bits per heavy atom. The Labute approximate surface area is 189 Å². The van der Waals surface area contributed by atoms with Gasteiger partial charge in [-0.15, -0.1) is 0 Å². The lowest BCUT2D eigenvalue weighted by atomic mass is 9.96. The predicted molar refractivity (Wildman–Crippen MR) is 108 cm³/mol. The zero-order chi connectivity index (χ0) is 24.7. The number of esters is 3. The lowest BCUT2D eigenvalue weighted by Crippen LogP contribution is -2.67. The number of carbonyl (C=O) groups excluding carboxylic acids is 4. The number of carboxylic acids is 1. The number of hydrogen-bond acceptors (Lipinski definition) is 10. The molecular weight excluding hydrogens is 442 g/mol. The number of amides is 1. The molecule has 5 atom stereocenters. The molecule has 1 aromatic rings.